The highest BCUT2D eigenvalue weighted by Gasteiger charge is 2.28. The van der Waals surface area contributed by atoms with Gasteiger partial charge in [-0.1, -0.05) is 18.2 Å². The van der Waals surface area contributed by atoms with Crippen LogP contribution in [0.2, 0.25) is 0 Å². The minimum atomic E-state index is -0.185. The van der Waals surface area contributed by atoms with Crippen LogP contribution in [0.4, 0.5) is 5.69 Å². The smallest absolute Gasteiger partial charge is 0.225 e. The summed E-state index contributed by atoms with van der Waals surface area (Å²) >= 11 is 0. The van der Waals surface area contributed by atoms with E-state index in [1.165, 1.54) is 0 Å². The van der Waals surface area contributed by atoms with E-state index in [4.69, 9.17) is 5.73 Å². The SMILES string of the molecule is CC(=O)N1c2ccccc2CC1N. The molecular weight excluding hydrogens is 164 g/mol. The van der Waals surface area contributed by atoms with Crippen LogP contribution >= 0.6 is 0 Å². The summed E-state index contributed by atoms with van der Waals surface area (Å²) < 4.78 is 0. The second-order valence-corrected chi connectivity index (χ2v) is 3.29. The highest BCUT2D eigenvalue weighted by atomic mass is 16.2. The number of carbonyl (C=O) groups is 1. The minimum absolute atomic E-state index is 0.0115. The van der Waals surface area contributed by atoms with Gasteiger partial charge in [-0.2, -0.15) is 0 Å². The summed E-state index contributed by atoms with van der Waals surface area (Å²) in [6.07, 6.45) is 0.574. The number of para-hydroxylation sites is 1. The van der Waals surface area contributed by atoms with Crippen LogP contribution in [-0.4, -0.2) is 12.1 Å². The number of anilines is 1. The number of hydrogen-bond donors (Lipinski definition) is 1. The Morgan fingerprint density at radius 2 is 2.23 bits per heavy atom. The zero-order chi connectivity index (χ0) is 9.42. The fraction of sp³-hybridized carbons (Fsp3) is 0.300. The van der Waals surface area contributed by atoms with Crippen molar-refractivity contribution in [1.82, 2.24) is 0 Å². The lowest BCUT2D eigenvalue weighted by Crippen LogP contribution is -2.42. The van der Waals surface area contributed by atoms with Gasteiger partial charge in [-0.05, 0) is 11.6 Å². The Hall–Kier alpha value is -1.35. The molecule has 0 saturated heterocycles. The van der Waals surface area contributed by atoms with Crippen molar-refractivity contribution in [3.8, 4) is 0 Å². The number of hydrogen-bond acceptors (Lipinski definition) is 2. The van der Waals surface area contributed by atoms with Crippen molar-refractivity contribution in [2.75, 3.05) is 4.90 Å². The van der Waals surface area contributed by atoms with Crippen LogP contribution < -0.4 is 10.6 Å². The normalized spacial score (nSPS) is 20.2. The quantitative estimate of drug-likeness (QED) is 0.637. The van der Waals surface area contributed by atoms with Crippen molar-refractivity contribution in [2.45, 2.75) is 19.5 Å². The monoisotopic (exact) mass is 176 g/mol. The topological polar surface area (TPSA) is 46.3 Å². The predicted octanol–water partition coefficient (Wildman–Crippen LogP) is 0.880. The van der Waals surface area contributed by atoms with Gasteiger partial charge in [-0.25, -0.2) is 0 Å². The van der Waals surface area contributed by atoms with E-state index < -0.39 is 0 Å². The summed E-state index contributed by atoms with van der Waals surface area (Å²) in [6, 6.07) is 7.84. The van der Waals surface area contributed by atoms with Crippen LogP contribution in [0.1, 0.15) is 12.5 Å². The third-order valence-electron chi connectivity index (χ3n) is 2.35. The molecule has 1 aromatic rings. The van der Waals surface area contributed by atoms with Crippen LogP contribution in [0.15, 0.2) is 24.3 Å². The molecule has 0 fully saturated rings. The summed E-state index contributed by atoms with van der Waals surface area (Å²) in [5.74, 6) is 0.0115. The number of amides is 1. The van der Waals surface area contributed by atoms with Gasteiger partial charge in [-0.15, -0.1) is 0 Å². The Kier molecular flexibility index (Phi) is 1.81. The molecule has 3 heteroatoms. The van der Waals surface area contributed by atoms with Gasteiger partial charge >= 0.3 is 0 Å². The highest BCUT2D eigenvalue weighted by molar-refractivity contribution is 5.94. The minimum Gasteiger partial charge on any atom is -0.311 e. The van der Waals surface area contributed by atoms with Crippen molar-refractivity contribution in [3.05, 3.63) is 29.8 Å². The molecule has 13 heavy (non-hydrogen) atoms. The first kappa shape index (κ1) is 8.26. The maximum Gasteiger partial charge on any atom is 0.225 e. The molecule has 1 atom stereocenters. The molecule has 2 rings (SSSR count). The molecule has 0 aliphatic carbocycles. The summed E-state index contributed by atoms with van der Waals surface area (Å²) in [5.41, 5.74) is 7.95. The number of rotatable bonds is 0. The standard InChI is InChI=1S/C10H12N2O/c1-7(13)12-9-5-3-2-4-8(9)6-10(12)11/h2-5,10H,6,11H2,1H3. The van der Waals surface area contributed by atoms with Gasteiger partial charge in [0.25, 0.3) is 0 Å². The van der Waals surface area contributed by atoms with Crippen molar-refractivity contribution in [1.29, 1.82) is 0 Å². The molecule has 1 heterocycles. The number of nitrogens with two attached hydrogens (primary N) is 1. The summed E-state index contributed by atoms with van der Waals surface area (Å²) in [5, 5.41) is 0. The molecule has 1 unspecified atom stereocenters. The summed E-state index contributed by atoms with van der Waals surface area (Å²) in [6.45, 7) is 1.54. The second kappa shape index (κ2) is 2.85. The summed E-state index contributed by atoms with van der Waals surface area (Å²) in [4.78, 5) is 12.9. The maximum absolute atomic E-state index is 11.3. The number of fused-ring (bicyclic) bond motifs is 1. The van der Waals surface area contributed by atoms with Gasteiger partial charge in [0.2, 0.25) is 5.91 Å². The van der Waals surface area contributed by atoms with Crippen molar-refractivity contribution in [3.63, 3.8) is 0 Å². The van der Waals surface area contributed by atoms with E-state index in [1.807, 2.05) is 24.3 Å². The Morgan fingerprint density at radius 3 is 2.92 bits per heavy atom. The van der Waals surface area contributed by atoms with Crippen LogP contribution in [0.5, 0.6) is 0 Å². The molecule has 0 spiro atoms. The third kappa shape index (κ3) is 1.21. The third-order valence-corrected chi connectivity index (χ3v) is 2.35. The number of benzene rings is 1. The van der Waals surface area contributed by atoms with Crippen LogP contribution in [0.25, 0.3) is 0 Å². The zero-order valence-corrected chi connectivity index (χ0v) is 7.53. The molecule has 1 aliphatic rings. The average molecular weight is 176 g/mol. The van der Waals surface area contributed by atoms with Gasteiger partial charge < -0.3 is 5.73 Å². The molecule has 68 valence electrons. The Balaban J connectivity index is 2.46. The summed E-state index contributed by atoms with van der Waals surface area (Å²) in [7, 11) is 0. The first-order chi connectivity index (χ1) is 6.20. The van der Waals surface area contributed by atoms with E-state index in [2.05, 4.69) is 0 Å². The van der Waals surface area contributed by atoms with Crippen molar-refractivity contribution < 1.29 is 4.79 Å². The fourth-order valence-corrected chi connectivity index (χ4v) is 1.82. The van der Waals surface area contributed by atoms with E-state index >= 15 is 0 Å². The van der Waals surface area contributed by atoms with Gasteiger partial charge in [0.15, 0.2) is 0 Å². The largest absolute Gasteiger partial charge is 0.311 e. The molecule has 0 aromatic heterocycles. The van der Waals surface area contributed by atoms with Crippen LogP contribution in [-0.2, 0) is 11.2 Å². The predicted molar refractivity (Wildman–Crippen MR) is 51.3 cm³/mol. The lowest BCUT2D eigenvalue weighted by molar-refractivity contribution is -0.116. The van der Waals surface area contributed by atoms with Crippen molar-refractivity contribution >= 4 is 11.6 Å². The lowest BCUT2D eigenvalue weighted by atomic mass is 10.2. The van der Waals surface area contributed by atoms with Gasteiger partial charge in [0.05, 0.1) is 6.17 Å². The number of nitrogens with zero attached hydrogens (tertiary/aromatic N) is 1. The molecule has 0 saturated carbocycles. The Bertz CT molecular complexity index is 349. The Labute approximate surface area is 77.1 Å². The second-order valence-electron chi connectivity index (χ2n) is 3.29. The molecule has 1 aliphatic heterocycles. The molecule has 2 N–H and O–H groups in total. The Morgan fingerprint density at radius 1 is 1.54 bits per heavy atom. The first-order valence-electron chi connectivity index (χ1n) is 4.33. The molecule has 0 bridgehead atoms. The maximum atomic E-state index is 11.3. The molecule has 1 amide bonds. The molecular formula is C10H12N2O. The highest BCUT2D eigenvalue weighted by Crippen LogP contribution is 2.29. The first-order valence-corrected chi connectivity index (χ1v) is 4.33. The van der Waals surface area contributed by atoms with E-state index in [0.717, 1.165) is 17.7 Å². The average Bonchev–Trinajstić information content (AvgIpc) is 2.39. The van der Waals surface area contributed by atoms with E-state index in [9.17, 15) is 4.79 Å². The zero-order valence-electron chi connectivity index (χ0n) is 7.53. The van der Waals surface area contributed by atoms with E-state index in [1.54, 1.807) is 11.8 Å². The van der Waals surface area contributed by atoms with Gasteiger partial charge in [0.1, 0.15) is 0 Å². The van der Waals surface area contributed by atoms with Gasteiger partial charge in [0, 0.05) is 19.0 Å². The van der Waals surface area contributed by atoms with E-state index in [0.29, 0.717) is 0 Å². The lowest BCUT2D eigenvalue weighted by Gasteiger charge is -2.20. The molecule has 0 radical (unpaired) electrons. The number of carbonyl (C=O) groups excluding carboxylic acids is 1. The van der Waals surface area contributed by atoms with Crippen molar-refractivity contribution in [2.24, 2.45) is 5.73 Å². The van der Waals surface area contributed by atoms with Crippen LogP contribution in [0.3, 0.4) is 0 Å². The van der Waals surface area contributed by atoms with Crippen LogP contribution in [0, 0.1) is 0 Å². The fourth-order valence-electron chi connectivity index (χ4n) is 1.82. The van der Waals surface area contributed by atoms with E-state index in [-0.39, 0.29) is 12.1 Å². The molecule has 3 nitrogen and oxygen atoms in total. The van der Waals surface area contributed by atoms with Gasteiger partial charge in [-0.3, -0.25) is 9.69 Å². The molecule has 1 aromatic carbocycles.